The molecule has 0 radical (unpaired) electrons. The van der Waals surface area contributed by atoms with Gasteiger partial charge in [-0.15, -0.1) is 0 Å². The molecule has 28 heavy (non-hydrogen) atoms. The summed E-state index contributed by atoms with van der Waals surface area (Å²) in [4.78, 5) is 12.8. The Morgan fingerprint density at radius 2 is 1.96 bits per heavy atom. The van der Waals surface area contributed by atoms with Gasteiger partial charge in [0, 0.05) is 6.42 Å². The molecule has 2 aromatic rings. The number of hydrogen-bond acceptors (Lipinski definition) is 4. The fourth-order valence-electron chi connectivity index (χ4n) is 3.76. The van der Waals surface area contributed by atoms with Crippen molar-refractivity contribution in [1.29, 1.82) is 0 Å². The lowest BCUT2D eigenvalue weighted by Gasteiger charge is -2.37. The van der Waals surface area contributed by atoms with Crippen LogP contribution in [-0.2, 0) is 20.9 Å². The summed E-state index contributed by atoms with van der Waals surface area (Å²) < 4.78 is 30.5. The van der Waals surface area contributed by atoms with Crippen molar-refractivity contribution in [2.24, 2.45) is 5.92 Å². The second-order valence-electron chi connectivity index (χ2n) is 7.42. The van der Waals surface area contributed by atoms with E-state index in [1.54, 1.807) is 12.1 Å². The first-order valence-corrected chi connectivity index (χ1v) is 9.59. The third kappa shape index (κ3) is 4.25. The number of carbonyl (C=O) groups excluding carboxylic acids is 1. The molecule has 1 aliphatic heterocycles. The fraction of sp³-hybridized carbons (Fsp3) is 0.348. The molecule has 1 saturated carbocycles. The number of ketones is 1. The summed E-state index contributed by atoms with van der Waals surface area (Å²) in [6.07, 6.45) is 3.41. The maximum absolute atomic E-state index is 13.0. The minimum absolute atomic E-state index is 0.00487. The van der Waals surface area contributed by atoms with Crippen molar-refractivity contribution < 1.29 is 23.4 Å². The Bertz CT molecular complexity index is 874. The molecule has 1 fully saturated rings. The van der Waals surface area contributed by atoms with E-state index in [-0.39, 0.29) is 35.5 Å². The van der Waals surface area contributed by atoms with Gasteiger partial charge in [0.25, 0.3) is 0 Å². The van der Waals surface area contributed by atoms with E-state index in [0.29, 0.717) is 25.2 Å². The number of ether oxygens (including phenoxy) is 3. The summed E-state index contributed by atoms with van der Waals surface area (Å²) in [5, 5.41) is 0. The molecular weight excluding hydrogens is 359 g/mol. The quantitative estimate of drug-likeness (QED) is 0.751. The first-order chi connectivity index (χ1) is 13.6. The summed E-state index contributed by atoms with van der Waals surface area (Å²) in [6.45, 7) is 2.40. The molecule has 0 amide bonds. The van der Waals surface area contributed by atoms with Gasteiger partial charge < -0.3 is 14.2 Å². The van der Waals surface area contributed by atoms with Gasteiger partial charge in [0.15, 0.2) is 0 Å². The van der Waals surface area contributed by atoms with E-state index in [4.69, 9.17) is 14.2 Å². The zero-order chi connectivity index (χ0) is 19.5. The average Bonchev–Trinajstić information content (AvgIpc) is 2.70. The van der Waals surface area contributed by atoms with Gasteiger partial charge in [-0.25, -0.2) is 4.39 Å². The van der Waals surface area contributed by atoms with Crippen molar-refractivity contribution in [2.75, 3.05) is 0 Å². The second kappa shape index (κ2) is 8.15. The lowest BCUT2D eigenvalue weighted by Crippen LogP contribution is -2.42. The molecule has 0 N–H and O–H groups in total. The highest BCUT2D eigenvalue weighted by molar-refractivity contribution is 5.96. The second-order valence-corrected chi connectivity index (χ2v) is 7.42. The number of rotatable bonds is 5. The molecular formula is C23H23FO4. The Hall–Kier alpha value is -2.66. The summed E-state index contributed by atoms with van der Waals surface area (Å²) >= 11 is 0. The Morgan fingerprint density at radius 1 is 1.14 bits per heavy atom. The van der Waals surface area contributed by atoms with E-state index in [1.165, 1.54) is 18.4 Å². The average molecular weight is 382 g/mol. The van der Waals surface area contributed by atoms with Gasteiger partial charge in [-0.05, 0) is 55.2 Å². The van der Waals surface area contributed by atoms with Gasteiger partial charge in [-0.2, -0.15) is 0 Å². The molecule has 1 aliphatic carbocycles. The minimum atomic E-state index is -0.256. The molecule has 146 valence electrons. The van der Waals surface area contributed by atoms with Crippen molar-refractivity contribution >= 4 is 5.78 Å². The van der Waals surface area contributed by atoms with E-state index in [0.717, 1.165) is 17.5 Å². The van der Waals surface area contributed by atoms with Crippen LogP contribution in [0.3, 0.4) is 0 Å². The molecule has 4 nitrogen and oxygen atoms in total. The number of carbonyl (C=O) groups is 1. The zero-order valence-corrected chi connectivity index (χ0v) is 15.8. The van der Waals surface area contributed by atoms with Gasteiger partial charge >= 0.3 is 0 Å². The Kier molecular flexibility index (Phi) is 5.44. The molecule has 0 spiro atoms. The highest BCUT2D eigenvalue weighted by Gasteiger charge is 2.41. The minimum Gasteiger partial charge on any atom is -0.493 e. The number of hydrogen-bond donors (Lipinski definition) is 0. The van der Waals surface area contributed by atoms with Gasteiger partial charge in [0.2, 0.25) is 11.5 Å². The molecule has 5 heteroatoms. The Morgan fingerprint density at radius 3 is 2.75 bits per heavy atom. The predicted octanol–water partition coefficient (Wildman–Crippen LogP) is 4.71. The maximum Gasteiger partial charge on any atom is 0.207 e. The van der Waals surface area contributed by atoms with E-state index in [9.17, 15) is 9.18 Å². The number of halogens is 1. The van der Waals surface area contributed by atoms with Gasteiger partial charge in [-0.1, -0.05) is 24.3 Å². The Labute approximate surface area is 163 Å². The van der Waals surface area contributed by atoms with Crippen LogP contribution >= 0.6 is 0 Å². The van der Waals surface area contributed by atoms with Crippen LogP contribution in [0.15, 0.2) is 60.6 Å². The monoisotopic (exact) mass is 382 g/mol. The largest absolute Gasteiger partial charge is 0.493 e. The van der Waals surface area contributed by atoms with E-state index >= 15 is 0 Å². The number of benzene rings is 2. The molecule has 4 rings (SSSR count). The Balaban J connectivity index is 1.35. The summed E-state index contributed by atoms with van der Waals surface area (Å²) in [7, 11) is 0. The number of fused-ring (bicyclic) bond motifs is 1. The van der Waals surface area contributed by atoms with Crippen molar-refractivity contribution in [3.8, 4) is 5.75 Å². The van der Waals surface area contributed by atoms with Crippen LogP contribution < -0.4 is 4.74 Å². The molecule has 2 aromatic carbocycles. The molecule has 3 atom stereocenters. The van der Waals surface area contributed by atoms with Gasteiger partial charge in [-0.3, -0.25) is 4.79 Å². The third-order valence-electron chi connectivity index (χ3n) is 5.29. The van der Waals surface area contributed by atoms with Crippen LogP contribution in [0.1, 0.15) is 30.4 Å². The molecule has 0 aromatic heterocycles. The molecule has 3 unspecified atom stereocenters. The third-order valence-corrected chi connectivity index (χ3v) is 5.29. The lowest BCUT2D eigenvalue weighted by molar-refractivity contribution is -0.134. The van der Waals surface area contributed by atoms with Crippen LogP contribution in [0.2, 0.25) is 0 Å². The highest BCUT2D eigenvalue weighted by Crippen LogP contribution is 2.35. The van der Waals surface area contributed by atoms with Crippen molar-refractivity contribution in [1.82, 2.24) is 0 Å². The molecule has 2 aliphatic rings. The van der Waals surface area contributed by atoms with Gasteiger partial charge in [0.05, 0.1) is 18.6 Å². The summed E-state index contributed by atoms with van der Waals surface area (Å²) in [5.74, 6) is 0.439. The van der Waals surface area contributed by atoms with Crippen molar-refractivity contribution in [3.05, 3.63) is 77.5 Å². The van der Waals surface area contributed by atoms with E-state index in [1.807, 2.05) is 31.2 Å². The lowest BCUT2D eigenvalue weighted by atomic mass is 9.80. The predicted molar refractivity (Wildman–Crippen MR) is 102 cm³/mol. The first-order valence-electron chi connectivity index (χ1n) is 9.59. The van der Waals surface area contributed by atoms with Crippen LogP contribution in [0, 0.1) is 18.7 Å². The number of aryl methyl sites for hydroxylation is 1. The molecule has 0 saturated heterocycles. The smallest absolute Gasteiger partial charge is 0.207 e. The fourth-order valence-corrected chi connectivity index (χ4v) is 3.76. The first kappa shape index (κ1) is 18.7. The highest BCUT2D eigenvalue weighted by atomic mass is 19.1. The summed E-state index contributed by atoms with van der Waals surface area (Å²) in [6, 6.07) is 13.9. The SMILES string of the molecule is Cc1cccc(OC2=COC3CC(OCc4ccc(F)cc4)CCC3C2=O)c1. The molecule has 1 heterocycles. The summed E-state index contributed by atoms with van der Waals surface area (Å²) in [5.41, 5.74) is 2.00. The van der Waals surface area contributed by atoms with Gasteiger partial charge in [0.1, 0.15) is 23.9 Å². The standard InChI is InChI=1S/C23H23FO4/c1-15-3-2-4-19(11-15)28-22-14-27-21-12-18(9-10-20(21)23(22)25)26-13-16-5-7-17(24)8-6-16/h2-8,11,14,18,20-21H,9-10,12-13H2,1H3. The van der Waals surface area contributed by atoms with E-state index in [2.05, 4.69) is 0 Å². The number of allylic oxidation sites excluding steroid dienone is 1. The topological polar surface area (TPSA) is 44.8 Å². The van der Waals surface area contributed by atoms with Crippen LogP contribution in [0.4, 0.5) is 4.39 Å². The normalized spacial score (nSPS) is 24.1. The zero-order valence-electron chi connectivity index (χ0n) is 15.8. The van der Waals surface area contributed by atoms with Crippen molar-refractivity contribution in [2.45, 2.75) is 45.0 Å². The van der Waals surface area contributed by atoms with Crippen LogP contribution in [0.25, 0.3) is 0 Å². The van der Waals surface area contributed by atoms with Crippen molar-refractivity contribution in [3.63, 3.8) is 0 Å². The van der Waals surface area contributed by atoms with Crippen LogP contribution in [0.5, 0.6) is 5.75 Å². The number of Topliss-reactive ketones (excluding diaryl/α,β-unsaturated/α-hetero) is 1. The van der Waals surface area contributed by atoms with E-state index < -0.39 is 0 Å². The molecule has 0 bridgehead atoms. The van der Waals surface area contributed by atoms with Crippen LogP contribution in [-0.4, -0.2) is 18.0 Å². The maximum atomic E-state index is 13.0.